The Labute approximate surface area is 406 Å². The summed E-state index contributed by atoms with van der Waals surface area (Å²) in [4.78, 5) is 128. The molecule has 2 saturated heterocycles. The zero-order valence-corrected chi connectivity index (χ0v) is 40.1. The van der Waals surface area contributed by atoms with Crippen molar-refractivity contribution < 1.29 is 63.2 Å². The van der Waals surface area contributed by atoms with Gasteiger partial charge in [0.1, 0.15) is 60.4 Å². The minimum Gasteiger partial charge on any atom is -0.508 e. The third-order valence-electron chi connectivity index (χ3n) is 12.2. The summed E-state index contributed by atoms with van der Waals surface area (Å²) in [6.45, 7) is 6.10. The highest BCUT2D eigenvalue weighted by Gasteiger charge is 2.46. The number of aliphatic hydroxyl groups is 1. The minimum absolute atomic E-state index is 0.0578. The van der Waals surface area contributed by atoms with Crippen molar-refractivity contribution in [2.75, 3.05) is 7.05 Å². The maximum atomic E-state index is 15.0. The van der Waals surface area contributed by atoms with Crippen LogP contribution in [0.5, 0.6) is 5.75 Å². The Balaban J connectivity index is 1.89. The molecule has 2 heterocycles. The number of cyclic esters (lactones) is 1. The number of hydrogen-bond donors (Lipinski definition) is 10. The van der Waals surface area contributed by atoms with Crippen LogP contribution in [0.2, 0.25) is 0 Å². The quantitative estimate of drug-likeness (QED) is 0.0436. The number of rotatable bonds is 17. The van der Waals surface area contributed by atoms with E-state index < -0.39 is 120 Å². The molecule has 7 amide bonds. The van der Waals surface area contributed by atoms with E-state index in [9.17, 15) is 53.7 Å². The van der Waals surface area contributed by atoms with Crippen LogP contribution < -0.4 is 32.3 Å². The number of amides is 7. The Hall–Kier alpha value is -7.10. The van der Waals surface area contributed by atoms with Gasteiger partial charge in [-0.3, -0.25) is 43.8 Å². The third-order valence-corrected chi connectivity index (χ3v) is 12.2. The van der Waals surface area contributed by atoms with Crippen LogP contribution in [0.3, 0.4) is 0 Å². The minimum atomic E-state index is -1.87. The molecule has 2 aromatic carbocycles. The first-order chi connectivity index (χ1) is 33.1. The average Bonchev–Trinajstić information content (AvgIpc) is 3.30. The smallest absolute Gasteiger partial charge is 0.329 e. The fourth-order valence-electron chi connectivity index (χ4n) is 8.26. The lowest BCUT2D eigenvalue weighted by Gasteiger charge is -2.43. The molecule has 2 fully saturated rings. The zero-order chi connectivity index (χ0) is 51.8. The van der Waals surface area contributed by atoms with Gasteiger partial charge in [-0.2, -0.15) is 0 Å². The van der Waals surface area contributed by atoms with Crippen molar-refractivity contribution in [2.45, 2.75) is 153 Å². The van der Waals surface area contributed by atoms with E-state index >= 15 is 4.79 Å². The number of amidine groups is 1. The number of benzene rings is 2. The van der Waals surface area contributed by atoms with Gasteiger partial charge < -0.3 is 62.2 Å². The summed E-state index contributed by atoms with van der Waals surface area (Å²) >= 11 is 0. The van der Waals surface area contributed by atoms with Gasteiger partial charge in [0, 0.05) is 32.7 Å². The lowest BCUT2D eigenvalue weighted by molar-refractivity contribution is -0.165. The number of carboxylic acid groups (broad SMARTS) is 1. The molecule has 2 aliphatic rings. The fraction of sp³-hybridized carbons (Fsp3) is 0.542. The predicted octanol–water partition coefficient (Wildman–Crippen LogP) is 0.110. The lowest BCUT2D eigenvalue weighted by atomic mass is 9.95. The van der Waals surface area contributed by atoms with Crippen LogP contribution in [0.25, 0.3) is 0 Å². The second kappa shape index (κ2) is 26.0. The van der Waals surface area contributed by atoms with Crippen molar-refractivity contribution in [1.29, 1.82) is 5.41 Å². The summed E-state index contributed by atoms with van der Waals surface area (Å²) in [5.74, 6) is -9.75. The molecule has 0 aliphatic carbocycles. The van der Waals surface area contributed by atoms with Crippen molar-refractivity contribution in [3.8, 4) is 5.75 Å². The molecule has 0 saturated carbocycles. The van der Waals surface area contributed by atoms with Gasteiger partial charge in [0.25, 0.3) is 0 Å². The van der Waals surface area contributed by atoms with E-state index in [2.05, 4.69) is 26.6 Å². The average molecular weight is 978 g/mol. The normalized spacial score (nSPS) is 24.4. The molecule has 2 bridgehead atoms. The molecule has 0 radical (unpaired) electrons. The number of phenols is 1. The van der Waals surface area contributed by atoms with Crippen LogP contribution >= 0.6 is 0 Å². The van der Waals surface area contributed by atoms with Crippen LogP contribution in [0, 0.1) is 11.3 Å². The van der Waals surface area contributed by atoms with E-state index in [4.69, 9.17) is 15.9 Å². The number of aliphatic carboxylic acids is 1. The second-order valence-electron chi connectivity index (χ2n) is 18.1. The molecular weight excluding hydrogens is 911 g/mol. The van der Waals surface area contributed by atoms with E-state index in [1.165, 1.54) is 38.2 Å². The van der Waals surface area contributed by atoms with Gasteiger partial charge in [-0.15, -0.1) is 0 Å². The van der Waals surface area contributed by atoms with Gasteiger partial charge in [0.15, 0.2) is 0 Å². The number of hydrogen-bond acceptors (Lipinski definition) is 13. The molecule has 0 spiro atoms. The summed E-state index contributed by atoms with van der Waals surface area (Å²) in [5.41, 5.74) is 6.63. The number of piperidine rings is 1. The largest absolute Gasteiger partial charge is 0.508 e. The number of nitrogens with two attached hydrogens (primary N) is 1. The molecule has 22 heteroatoms. The molecular formula is C48H67N9O13. The van der Waals surface area contributed by atoms with E-state index in [0.29, 0.717) is 24.0 Å². The van der Waals surface area contributed by atoms with Crippen molar-refractivity contribution in [3.63, 3.8) is 0 Å². The number of likely N-dealkylation sites (N-methyl/N-ethyl adjacent to an activating group) is 1. The Morgan fingerprint density at radius 2 is 1.50 bits per heavy atom. The number of nitrogens with one attached hydrogen (secondary N) is 6. The molecule has 22 nitrogen and oxygen atoms in total. The number of carbonyl (C=O) groups excluding carboxylic acids is 8. The number of nitrogens with zero attached hydrogens (tertiary/aromatic N) is 2. The monoisotopic (exact) mass is 977 g/mol. The number of unbranched alkanes of at least 4 members (excludes halogenated alkanes) is 1. The number of ether oxygens (including phenoxy) is 1. The number of fused-ring (bicyclic) bond motifs is 2. The van der Waals surface area contributed by atoms with Crippen LogP contribution in [0.4, 0.5) is 0 Å². The molecule has 2 aromatic rings. The molecule has 0 unspecified atom stereocenters. The first-order valence-electron chi connectivity index (χ1n) is 23.5. The highest BCUT2D eigenvalue weighted by atomic mass is 16.5. The van der Waals surface area contributed by atoms with Crippen LogP contribution in [0.1, 0.15) is 96.6 Å². The van der Waals surface area contributed by atoms with Gasteiger partial charge in [-0.25, -0.2) is 4.79 Å². The Morgan fingerprint density at radius 1 is 0.857 bits per heavy atom. The van der Waals surface area contributed by atoms with Crippen molar-refractivity contribution in [2.24, 2.45) is 11.7 Å². The molecule has 9 atom stereocenters. The van der Waals surface area contributed by atoms with Crippen molar-refractivity contribution in [1.82, 2.24) is 36.4 Å². The third kappa shape index (κ3) is 15.7. The summed E-state index contributed by atoms with van der Waals surface area (Å²) in [7, 11) is 1.34. The number of carboxylic acids is 1. The Bertz CT molecular complexity index is 2210. The fourth-order valence-corrected chi connectivity index (χ4v) is 8.26. The van der Waals surface area contributed by atoms with Gasteiger partial charge in [-0.05, 0) is 68.2 Å². The van der Waals surface area contributed by atoms with Crippen molar-refractivity contribution >= 4 is 59.1 Å². The Kier molecular flexibility index (Phi) is 20.6. The highest BCUT2D eigenvalue weighted by molar-refractivity contribution is 5.99. The molecule has 4 rings (SSSR count). The number of esters is 1. The van der Waals surface area contributed by atoms with E-state index in [1.807, 2.05) is 0 Å². The summed E-state index contributed by atoms with van der Waals surface area (Å²) in [5, 5.41) is 51.5. The van der Waals surface area contributed by atoms with Gasteiger partial charge >= 0.3 is 11.9 Å². The molecule has 2 aliphatic heterocycles. The first-order valence-corrected chi connectivity index (χ1v) is 23.5. The number of aliphatic hydroxyl groups excluding tert-OH is 1. The number of carbonyl (C=O) groups is 9. The predicted molar refractivity (Wildman–Crippen MR) is 252 cm³/mol. The molecule has 70 heavy (non-hydrogen) atoms. The van der Waals surface area contributed by atoms with E-state index in [1.54, 1.807) is 51.1 Å². The lowest BCUT2D eigenvalue weighted by Crippen LogP contribution is -2.65. The van der Waals surface area contributed by atoms with Crippen LogP contribution in [-0.2, 0) is 60.7 Å². The first kappa shape index (κ1) is 55.5. The summed E-state index contributed by atoms with van der Waals surface area (Å²) in [6, 6.07) is 3.72. The Morgan fingerprint density at radius 3 is 2.11 bits per heavy atom. The maximum Gasteiger partial charge on any atom is 0.329 e. The molecule has 382 valence electrons. The van der Waals surface area contributed by atoms with Crippen molar-refractivity contribution in [3.05, 3.63) is 65.7 Å². The SMILES string of the molecule is CCCC(=O)N[C@@H](CC(=O)O)C(=O)N[C@H]1C(=O)N[C@@H](CCCCC(=N)N)C(=O)N[C@@H]2CC[C@H](O)N(C2=O)[C@@H](Cc2ccccc2)C(=O)N(C)[C@H](Cc2ccc(O)cc2)C(=O)N[C@@H](C(C)C)C(=O)O[C@@H]1C. The topological polar surface area (TPSA) is 340 Å². The maximum absolute atomic E-state index is 15.0. The van der Waals surface area contributed by atoms with E-state index in [-0.39, 0.29) is 63.0 Å². The second-order valence-corrected chi connectivity index (χ2v) is 18.1. The summed E-state index contributed by atoms with van der Waals surface area (Å²) < 4.78 is 5.81. The number of aromatic hydroxyl groups is 1. The molecule has 0 aromatic heterocycles. The van der Waals surface area contributed by atoms with Crippen LogP contribution in [0.15, 0.2) is 54.6 Å². The van der Waals surface area contributed by atoms with E-state index in [0.717, 1.165) is 9.80 Å². The van der Waals surface area contributed by atoms with Gasteiger partial charge in [0.2, 0.25) is 41.4 Å². The van der Waals surface area contributed by atoms with Crippen LogP contribution in [-0.4, -0.2) is 146 Å². The highest BCUT2D eigenvalue weighted by Crippen LogP contribution is 2.26. The number of phenolic OH excluding ortho intramolecular Hbond substituents is 1. The standard InChI is InChI=1S/C48H67N9O13/c1-6-12-37(59)51-33(25-39(61)62)43(64)55-41-27(4)70-48(69)40(26(2)3)54-44(65)34(23-29-17-19-30(58)20-18-29)56(5)47(68)35(24-28-13-8-7-9-14-28)57-38(60)22-21-32(46(57)67)53-42(63)31(52-45(41)66)15-10-11-16-36(49)50/h7-9,13-14,17-20,26-27,31-35,38,40-41,58,60H,6,10-12,15-16,21-25H2,1-5H3,(H3,49,50)(H,51,59)(H,52,66)(H,53,63)(H,54,65)(H,55,64)(H,61,62)/t27-,31+,32-,33+,34-,35+,38+,40+,41-/m1/s1. The summed E-state index contributed by atoms with van der Waals surface area (Å²) in [6.07, 6.45) is -3.73. The zero-order valence-electron chi connectivity index (χ0n) is 40.1. The molecule has 11 N–H and O–H groups in total. The van der Waals surface area contributed by atoms with Gasteiger partial charge in [0.05, 0.1) is 12.3 Å². The van der Waals surface area contributed by atoms with Gasteiger partial charge in [-0.1, -0.05) is 69.7 Å².